The number of aromatic nitrogens is 2. The van der Waals surface area contributed by atoms with Crippen LogP contribution >= 0.6 is 0 Å². The van der Waals surface area contributed by atoms with E-state index in [1.807, 2.05) is 0 Å². The van der Waals surface area contributed by atoms with Gasteiger partial charge in [0.15, 0.2) is 0 Å². The summed E-state index contributed by atoms with van der Waals surface area (Å²) in [5, 5.41) is 4.45. The lowest BCUT2D eigenvalue weighted by atomic mass is 10.1. The van der Waals surface area contributed by atoms with E-state index in [1.165, 1.54) is 12.1 Å². The first-order chi connectivity index (χ1) is 9.36. The zero-order chi connectivity index (χ0) is 14.5. The summed E-state index contributed by atoms with van der Waals surface area (Å²) in [6.07, 6.45) is -2.67. The molecule has 0 atom stereocenters. The fourth-order valence-electron chi connectivity index (χ4n) is 2.18. The van der Waals surface area contributed by atoms with Gasteiger partial charge in [0.1, 0.15) is 5.69 Å². The number of halogens is 3. The predicted octanol–water partition coefficient (Wildman–Crippen LogP) is 3.43. The molecule has 4 nitrogen and oxygen atoms in total. The van der Waals surface area contributed by atoms with Crippen molar-refractivity contribution in [3.05, 3.63) is 36.0 Å². The van der Waals surface area contributed by atoms with Gasteiger partial charge < -0.3 is 14.8 Å². The Hall–Kier alpha value is -2.44. The molecule has 0 bridgehead atoms. The Kier molecular flexibility index (Phi) is 2.53. The van der Waals surface area contributed by atoms with E-state index in [2.05, 4.69) is 5.16 Å². The van der Waals surface area contributed by atoms with Gasteiger partial charge in [0.05, 0.1) is 5.56 Å². The van der Waals surface area contributed by atoms with Gasteiger partial charge in [0.2, 0.25) is 5.88 Å². The molecular formula is C13H10F3N3O. The molecule has 2 aromatic heterocycles. The van der Waals surface area contributed by atoms with Crippen LogP contribution < -0.4 is 5.73 Å². The normalized spacial score (nSPS) is 12.2. The van der Waals surface area contributed by atoms with Gasteiger partial charge in [-0.3, -0.25) is 0 Å². The Bertz CT molecular complexity index is 786. The largest absolute Gasteiger partial charge is 0.416 e. The maximum atomic E-state index is 12.7. The van der Waals surface area contributed by atoms with Crippen molar-refractivity contribution < 1.29 is 17.7 Å². The summed E-state index contributed by atoms with van der Waals surface area (Å²) < 4.78 is 44.6. The van der Waals surface area contributed by atoms with Crippen molar-refractivity contribution in [2.24, 2.45) is 7.05 Å². The third-order valence-electron chi connectivity index (χ3n) is 3.12. The molecule has 0 radical (unpaired) electrons. The summed E-state index contributed by atoms with van der Waals surface area (Å²) in [7, 11) is 1.68. The Labute approximate surface area is 111 Å². The summed E-state index contributed by atoms with van der Waals surface area (Å²) in [5.74, 6) is 0.156. The molecule has 0 unspecified atom stereocenters. The van der Waals surface area contributed by atoms with Gasteiger partial charge >= 0.3 is 6.18 Å². The molecule has 3 rings (SSSR count). The number of rotatable bonds is 1. The maximum absolute atomic E-state index is 12.7. The van der Waals surface area contributed by atoms with Crippen LogP contribution in [0, 0.1) is 0 Å². The standard InChI is InChI=1S/C13H10F3N3O/c1-19-6-9(10-5-12(17)20-18-10)8-3-2-7(4-11(8)19)13(14,15)16/h2-6H,17H2,1H3. The molecule has 2 heterocycles. The van der Waals surface area contributed by atoms with Gasteiger partial charge in [0.25, 0.3) is 0 Å². The predicted molar refractivity (Wildman–Crippen MR) is 67.8 cm³/mol. The molecule has 2 N–H and O–H groups in total. The first-order valence-corrected chi connectivity index (χ1v) is 5.75. The van der Waals surface area contributed by atoms with Crippen molar-refractivity contribution in [1.29, 1.82) is 0 Å². The zero-order valence-corrected chi connectivity index (χ0v) is 10.4. The molecule has 0 spiro atoms. The van der Waals surface area contributed by atoms with Crippen LogP contribution in [0.4, 0.5) is 19.1 Å². The molecule has 7 heteroatoms. The van der Waals surface area contributed by atoms with Crippen LogP contribution in [-0.2, 0) is 13.2 Å². The van der Waals surface area contributed by atoms with Gasteiger partial charge in [-0.25, -0.2) is 0 Å². The number of nitrogens with two attached hydrogens (primary N) is 1. The molecular weight excluding hydrogens is 271 g/mol. The minimum atomic E-state index is -4.36. The van der Waals surface area contributed by atoms with E-state index in [4.69, 9.17) is 10.3 Å². The molecule has 0 saturated heterocycles. The van der Waals surface area contributed by atoms with E-state index in [9.17, 15) is 13.2 Å². The van der Waals surface area contributed by atoms with Crippen LogP contribution in [0.15, 0.2) is 35.0 Å². The minimum absolute atomic E-state index is 0.156. The summed E-state index contributed by atoms with van der Waals surface area (Å²) in [6, 6.07) is 5.13. The summed E-state index contributed by atoms with van der Waals surface area (Å²) in [4.78, 5) is 0. The van der Waals surface area contributed by atoms with Crippen molar-refractivity contribution in [2.75, 3.05) is 5.73 Å². The lowest BCUT2D eigenvalue weighted by Gasteiger charge is -2.07. The van der Waals surface area contributed by atoms with Gasteiger partial charge in [-0.1, -0.05) is 11.2 Å². The smallest absolute Gasteiger partial charge is 0.368 e. The molecule has 0 aliphatic rings. The number of anilines is 1. The summed E-state index contributed by atoms with van der Waals surface area (Å²) in [6.45, 7) is 0. The van der Waals surface area contributed by atoms with Gasteiger partial charge in [-0.15, -0.1) is 0 Å². The number of fused-ring (bicyclic) bond motifs is 1. The highest BCUT2D eigenvalue weighted by molar-refractivity contribution is 5.95. The Morgan fingerprint density at radius 1 is 1.25 bits per heavy atom. The van der Waals surface area contributed by atoms with E-state index in [1.54, 1.807) is 17.8 Å². The van der Waals surface area contributed by atoms with Crippen molar-refractivity contribution in [2.45, 2.75) is 6.18 Å². The van der Waals surface area contributed by atoms with E-state index >= 15 is 0 Å². The monoisotopic (exact) mass is 281 g/mol. The number of hydrogen-bond acceptors (Lipinski definition) is 3. The molecule has 20 heavy (non-hydrogen) atoms. The van der Waals surface area contributed by atoms with Crippen LogP contribution in [0.5, 0.6) is 0 Å². The average Bonchev–Trinajstić information content (AvgIpc) is 2.93. The van der Waals surface area contributed by atoms with Gasteiger partial charge in [-0.2, -0.15) is 13.2 Å². The molecule has 3 aromatic rings. The SMILES string of the molecule is Cn1cc(-c2cc(N)on2)c2ccc(C(F)(F)F)cc21. The number of nitrogens with zero attached hydrogens (tertiary/aromatic N) is 2. The molecule has 1 aromatic carbocycles. The fourth-order valence-corrected chi connectivity index (χ4v) is 2.18. The lowest BCUT2D eigenvalue weighted by molar-refractivity contribution is -0.137. The second-order valence-electron chi connectivity index (χ2n) is 4.50. The van der Waals surface area contributed by atoms with Crippen molar-refractivity contribution in [3.8, 4) is 11.3 Å². The van der Waals surface area contributed by atoms with E-state index < -0.39 is 11.7 Å². The highest BCUT2D eigenvalue weighted by Gasteiger charge is 2.31. The molecule has 0 aliphatic carbocycles. The third kappa shape index (κ3) is 1.91. The highest BCUT2D eigenvalue weighted by atomic mass is 19.4. The quantitative estimate of drug-likeness (QED) is 0.743. The number of hydrogen-bond donors (Lipinski definition) is 1. The van der Waals surface area contributed by atoms with Gasteiger partial charge in [-0.05, 0) is 12.1 Å². The Balaban J connectivity index is 2.22. The molecule has 0 fully saturated rings. The van der Waals surface area contributed by atoms with Crippen molar-refractivity contribution >= 4 is 16.8 Å². The topological polar surface area (TPSA) is 57.0 Å². The van der Waals surface area contributed by atoms with E-state index in [-0.39, 0.29) is 5.88 Å². The number of benzene rings is 1. The lowest BCUT2D eigenvalue weighted by Crippen LogP contribution is -2.04. The first-order valence-electron chi connectivity index (χ1n) is 5.75. The van der Waals surface area contributed by atoms with E-state index in [0.717, 1.165) is 12.1 Å². The average molecular weight is 281 g/mol. The van der Waals surface area contributed by atoms with Crippen LogP contribution in [0.1, 0.15) is 5.56 Å². The molecule has 0 aliphatic heterocycles. The van der Waals surface area contributed by atoms with Crippen LogP contribution in [0.2, 0.25) is 0 Å². The Morgan fingerprint density at radius 2 is 2.00 bits per heavy atom. The Morgan fingerprint density at radius 3 is 2.60 bits per heavy atom. The van der Waals surface area contributed by atoms with Crippen LogP contribution in [0.25, 0.3) is 22.2 Å². The van der Waals surface area contributed by atoms with Gasteiger partial charge in [0, 0.05) is 35.8 Å². The first kappa shape index (κ1) is 12.6. The number of aryl methyl sites for hydroxylation is 1. The van der Waals surface area contributed by atoms with Crippen LogP contribution in [0.3, 0.4) is 0 Å². The molecule has 104 valence electrons. The minimum Gasteiger partial charge on any atom is -0.368 e. The van der Waals surface area contributed by atoms with Crippen molar-refractivity contribution in [1.82, 2.24) is 9.72 Å². The van der Waals surface area contributed by atoms with E-state index in [0.29, 0.717) is 22.2 Å². The number of nitrogen functional groups attached to an aromatic ring is 1. The van der Waals surface area contributed by atoms with Crippen molar-refractivity contribution in [3.63, 3.8) is 0 Å². The molecule has 0 amide bonds. The summed E-state index contributed by atoms with van der Waals surface area (Å²) in [5.41, 5.74) is 6.42. The summed E-state index contributed by atoms with van der Waals surface area (Å²) >= 11 is 0. The number of alkyl halides is 3. The van der Waals surface area contributed by atoms with Crippen LogP contribution in [-0.4, -0.2) is 9.72 Å². The second kappa shape index (κ2) is 4.03. The fraction of sp³-hybridized carbons (Fsp3) is 0.154. The zero-order valence-electron chi connectivity index (χ0n) is 10.4. The third-order valence-corrected chi connectivity index (χ3v) is 3.12. The maximum Gasteiger partial charge on any atom is 0.416 e. The second-order valence-corrected chi connectivity index (χ2v) is 4.50. The molecule has 0 saturated carbocycles. The highest BCUT2D eigenvalue weighted by Crippen LogP contribution is 2.35.